The lowest BCUT2D eigenvalue weighted by atomic mass is 9.81. The maximum Gasteiger partial charge on any atom is 0.0534 e. The molecule has 2 aromatic heterocycles. The first kappa shape index (κ1) is 29.8. The second-order valence-electron chi connectivity index (χ2n) is 14.9. The predicted octanol–water partition coefficient (Wildman–Crippen LogP) is 12.6. The Morgan fingerprint density at radius 1 is 0.620 bits per heavy atom. The summed E-state index contributed by atoms with van der Waals surface area (Å²) >= 11 is 0. The number of aromatic nitrogens is 2. The molecule has 3 aromatic carbocycles. The lowest BCUT2D eigenvalue weighted by molar-refractivity contribution is 0.454. The zero-order valence-corrected chi connectivity index (χ0v) is 28.8. The Morgan fingerprint density at radius 3 is 2.36 bits per heavy atom. The quantitative estimate of drug-likeness (QED) is 0.168. The molecule has 0 saturated heterocycles. The Morgan fingerprint density at radius 2 is 1.52 bits per heavy atom. The van der Waals surface area contributed by atoms with Crippen molar-refractivity contribution in [1.82, 2.24) is 9.13 Å². The number of fused-ring (bicyclic) bond motifs is 6. The summed E-state index contributed by atoms with van der Waals surface area (Å²) in [5.74, 6) is 0.422. The fourth-order valence-corrected chi connectivity index (χ4v) is 9.59. The third kappa shape index (κ3) is 4.99. The van der Waals surface area contributed by atoms with Gasteiger partial charge in [-0.25, -0.2) is 0 Å². The molecule has 2 heteroatoms. The average molecular weight is 649 g/mol. The van der Waals surface area contributed by atoms with E-state index in [1.807, 2.05) is 0 Å². The van der Waals surface area contributed by atoms with Crippen LogP contribution in [0.1, 0.15) is 79.9 Å². The van der Waals surface area contributed by atoms with Gasteiger partial charge in [0.25, 0.3) is 0 Å². The van der Waals surface area contributed by atoms with E-state index in [0.29, 0.717) is 12.0 Å². The van der Waals surface area contributed by atoms with E-state index in [0.717, 1.165) is 44.9 Å². The van der Waals surface area contributed by atoms with Crippen LogP contribution < -0.4 is 0 Å². The summed E-state index contributed by atoms with van der Waals surface area (Å²) in [7, 11) is 0. The molecular weight excluding hydrogens is 605 g/mol. The SMILES string of the molecule is C1=CCCC(C2=CC=C(n3c4c(c5cc(-c6ccccc6)ccc53)C=C(C3C=Cc5c(n(C6CC=CCC6)c6ccccc56)C3)CC4)CC2)=C1. The number of allylic oxidation sites excluding steroid dienone is 12. The van der Waals surface area contributed by atoms with Crippen LogP contribution in [0.2, 0.25) is 0 Å². The van der Waals surface area contributed by atoms with E-state index >= 15 is 0 Å². The second-order valence-corrected chi connectivity index (χ2v) is 14.9. The molecule has 0 N–H and O–H groups in total. The lowest BCUT2D eigenvalue weighted by Gasteiger charge is -2.29. The number of rotatable bonds is 5. The van der Waals surface area contributed by atoms with Crippen LogP contribution in [0.25, 0.3) is 50.8 Å². The summed E-state index contributed by atoms with van der Waals surface area (Å²) < 4.78 is 5.37. The van der Waals surface area contributed by atoms with Gasteiger partial charge in [0, 0.05) is 56.5 Å². The van der Waals surface area contributed by atoms with Crippen molar-refractivity contribution < 1.29 is 0 Å². The average Bonchev–Trinajstić information content (AvgIpc) is 3.70. The summed E-state index contributed by atoms with van der Waals surface area (Å²) in [6.07, 6.45) is 35.4. The normalized spacial score (nSPS) is 21.4. The lowest BCUT2D eigenvalue weighted by Crippen LogP contribution is -2.19. The highest BCUT2D eigenvalue weighted by Gasteiger charge is 2.30. The second kappa shape index (κ2) is 12.4. The van der Waals surface area contributed by atoms with E-state index < -0.39 is 0 Å². The van der Waals surface area contributed by atoms with Gasteiger partial charge in [0.05, 0.1) is 5.52 Å². The van der Waals surface area contributed by atoms with Gasteiger partial charge in [0.2, 0.25) is 0 Å². The number of hydrogen-bond acceptors (Lipinski definition) is 0. The van der Waals surface area contributed by atoms with Gasteiger partial charge in [0.15, 0.2) is 0 Å². The molecule has 0 radical (unpaired) electrons. The van der Waals surface area contributed by atoms with Crippen molar-refractivity contribution in [3.8, 4) is 11.1 Å². The van der Waals surface area contributed by atoms with E-state index in [9.17, 15) is 0 Å². The first-order valence-corrected chi connectivity index (χ1v) is 18.9. The Bertz CT molecular complexity index is 2370. The molecule has 0 aliphatic heterocycles. The van der Waals surface area contributed by atoms with Crippen LogP contribution in [-0.4, -0.2) is 9.13 Å². The molecule has 0 fully saturated rings. The van der Waals surface area contributed by atoms with E-state index in [2.05, 4.69) is 143 Å². The Labute approximate surface area is 295 Å². The summed E-state index contributed by atoms with van der Waals surface area (Å²) in [5.41, 5.74) is 17.3. The van der Waals surface area contributed by atoms with Crippen molar-refractivity contribution in [2.24, 2.45) is 5.92 Å². The minimum absolute atomic E-state index is 0.422. The molecule has 5 aromatic rings. The van der Waals surface area contributed by atoms with Gasteiger partial charge in [-0.1, -0.05) is 115 Å². The van der Waals surface area contributed by atoms with E-state index in [1.165, 1.54) is 91.6 Å². The maximum absolute atomic E-state index is 2.73. The van der Waals surface area contributed by atoms with Gasteiger partial charge in [0.1, 0.15) is 0 Å². The molecule has 246 valence electrons. The number of hydrogen-bond donors (Lipinski definition) is 0. The van der Waals surface area contributed by atoms with Gasteiger partial charge in [-0.3, -0.25) is 0 Å². The minimum atomic E-state index is 0.422. The topological polar surface area (TPSA) is 9.86 Å². The molecule has 2 nitrogen and oxygen atoms in total. The van der Waals surface area contributed by atoms with Crippen molar-refractivity contribution >= 4 is 39.7 Å². The highest BCUT2D eigenvalue weighted by Crippen LogP contribution is 2.44. The zero-order chi connectivity index (χ0) is 33.0. The first-order valence-electron chi connectivity index (χ1n) is 18.9. The molecule has 5 aliphatic carbocycles. The van der Waals surface area contributed by atoms with Gasteiger partial charge < -0.3 is 9.13 Å². The monoisotopic (exact) mass is 648 g/mol. The molecule has 10 rings (SSSR count). The largest absolute Gasteiger partial charge is 0.341 e. The summed E-state index contributed by atoms with van der Waals surface area (Å²) in [6, 6.07) is 27.7. The zero-order valence-electron chi connectivity index (χ0n) is 28.8. The molecule has 0 saturated carbocycles. The fraction of sp³-hybridized carbons (Fsp3) is 0.250. The smallest absolute Gasteiger partial charge is 0.0534 e. The third-order valence-corrected chi connectivity index (χ3v) is 12.1. The van der Waals surface area contributed by atoms with Crippen molar-refractivity contribution in [3.63, 3.8) is 0 Å². The summed E-state index contributed by atoms with van der Waals surface area (Å²) in [6.45, 7) is 0. The number of nitrogens with zero attached hydrogens (tertiary/aromatic N) is 2. The Balaban J connectivity index is 1.07. The molecule has 0 spiro atoms. The summed E-state index contributed by atoms with van der Waals surface area (Å²) in [5, 5.41) is 2.80. The third-order valence-electron chi connectivity index (χ3n) is 12.1. The number of para-hydroxylation sites is 1. The van der Waals surface area contributed by atoms with Crippen molar-refractivity contribution in [2.75, 3.05) is 0 Å². The molecule has 5 aliphatic rings. The van der Waals surface area contributed by atoms with Gasteiger partial charge in [-0.15, -0.1) is 0 Å². The molecule has 2 heterocycles. The van der Waals surface area contributed by atoms with Gasteiger partial charge in [-0.2, -0.15) is 0 Å². The van der Waals surface area contributed by atoms with Crippen LogP contribution in [0, 0.1) is 5.92 Å². The molecule has 50 heavy (non-hydrogen) atoms. The minimum Gasteiger partial charge on any atom is -0.341 e. The molecular formula is C48H44N2. The Kier molecular flexibility index (Phi) is 7.36. The van der Waals surface area contributed by atoms with Crippen molar-refractivity contribution in [2.45, 2.75) is 70.3 Å². The van der Waals surface area contributed by atoms with Gasteiger partial charge >= 0.3 is 0 Å². The van der Waals surface area contributed by atoms with Crippen LogP contribution in [0.4, 0.5) is 0 Å². The first-order chi connectivity index (χ1) is 24.8. The molecule has 0 amide bonds. The molecule has 0 bridgehead atoms. The highest BCUT2D eigenvalue weighted by atomic mass is 15.0. The standard InChI is InChI=1S/C48H44N2/c1-4-12-33(13-5-1)35-20-25-40(26-21-35)49-46-28-23-36(34-14-6-2-7-15-34)30-43(46)44-31-37(24-29-47(44)49)38-22-27-42-41-18-10-11-19-45(41)50(48(42)32-38)39-16-8-3-9-17-39/h1-4,6-8,10-12,14-15,18-20,22-23,25,27-28,30-31,38-39H,5,9,13,16-17,21,24,26,29,32H2. The fourth-order valence-electron chi connectivity index (χ4n) is 9.59. The van der Waals surface area contributed by atoms with Crippen LogP contribution >= 0.6 is 0 Å². The van der Waals surface area contributed by atoms with Crippen LogP contribution in [-0.2, 0) is 12.8 Å². The van der Waals surface area contributed by atoms with E-state index in [4.69, 9.17) is 0 Å². The van der Waals surface area contributed by atoms with Crippen LogP contribution in [0.15, 0.2) is 138 Å². The van der Waals surface area contributed by atoms with E-state index in [-0.39, 0.29) is 0 Å². The van der Waals surface area contributed by atoms with Crippen molar-refractivity contribution in [3.05, 3.63) is 161 Å². The highest BCUT2D eigenvalue weighted by molar-refractivity contribution is 5.98. The summed E-state index contributed by atoms with van der Waals surface area (Å²) in [4.78, 5) is 0. The molecule has 2 unspecified atom stereocenters. The molecule has 2 atom stereocenters. The van der Waals surface area contributed by atoms with Crippen LogP contribution in [0.5, 0.6) is 0 Å². The van der Waals surface area contributed by atoms with E-state index in [1.54, 1.807) is 5.57 Å². The predicted molar refractivity (Wildman–Crippen MR) is 212 cm³/mol. The van der Waals surface area contributed by atoms with Crippen LogP contribution in [0.3, 0.4) is 0 Å². The van der Waals surface area contributed by atoms with Crippen molar-refractivity contribution in [1.29, 1.82) is 0 Å². The Hall–Kier alpha value is -5.08. The number of benzene rings is 3. The van der Waals surface area contributed by atoms with Gasteiger partial charge in [-0.05, 0) is 111 Å². The maximum atomic E-state index is 2.73.